The van der Waals surface area contributed by atoms with Gasteiger partial charge in [0.15, 0.2) is 11.5 Å². The fourth-order valence-corrected chi connectivity index (χ4v) is 1.56. The number of hydrogen-bond donors (Lipinski definition) is 0. The number of ether oxygens (including phenoxy) is 3. The third kappa shape index (κ3) is 1.74. The summed E-state index contributed by atoms with van der Waals surface area (Å²) in [6, 6.07) is 4.03. The molecule has 15 heavy (non-hydrogen) atoms. The molecule has 0 saturated carbocycles. The Balaban J connectivity index is 2.53. The highest BCUT2D eigenvalue weighted by Crippen LogP contribution is 2.44. The van der Waals surface area contributed by atoms with Crippen molar-refractivity contribution in [2.75, 3.05) is 13.9 Å². The third-order valence-corrected chi connectivity index (χ3v) is 2.52. The molecule has 1 aromatic carbocycles. The number of rotatable bonds is 1. The van der Waals surface area contributed by atoms with Crippen LogP contribution in [0.2, 0.25) is 0 Å². The van der Waals surface area contributed by atoms with Gasteiger partial charge in [-0.05, 0) is 23.1 Å². The summed E-state index contributed by atoms with van der Waals surface area (Å²) in [4.78, 5) is 0. The molecule has 1 heterocycles. The molecule has 0 amide bonds. The molecule has 0 atom stereocenters. The maximum atomic E-state index is 5.37. The van der Waals surface area contributed by atoms with E-state index in [1.807, 2.05) is 12.1 Å². The molecule has 3 nitrogen and oxygen atoms in total. The van der Waals surface area contributed by atoms with E-state index in [4.69, 9.17) is 14.2 Å². The van der Waals surface area contributed by atoms with Crippen LogP contribution in [0, 0.1) is 0 Å². The van der Waals surface area contributed by atoms with Gasteiger partial charge >= 0.3 is 0 Å². The van der Waals surface area contributed by atoms with Gasteiger partial charge in [0.1, 0.15) is 0 Å². The first-order valence-electron chi connectivity index (χ1n) is 5.00. The molecule has 0 aromatic heterocycles. The van der Waals surface area contributed by atoms with E-state index in [-0.39, 0.29) is 12.2 Å². The Kier molecular flexibility index (Phi) is 2.25. The SMILES string of the molecule is COc1cc(C(C)(C)C)cc2c1OCO2. The highest BCUT2D eigenvalue weighted by atomic mass is 16.7. The van der Waals surface area contributed by atoms with E-state index in [1.54, 1.807) is 7.11 Å². The number of benzene rings is 1. The van der Waals surface area contributed by atoms with Gasteiger partial charge in [-0.25, -0.2) is 0 Å². The van der Waals surface area contributed by atoms with Gasteiger partial charge in [-0.2, -0.15) is 0 Å². The Bertz CT molecular complexity index is 377. The maximum Gasteiger partial charge on any atom is 0.231 e. The number of hydrogen-bond acceptors (Lipinski definition) is 3. The fourth-order valence-electron chi connectivity index (χ4n) is 1.56. The van der Waals surface area contributed by atoms with E-state index >= 15 is 0 Å². The summed E-state index contributed by atoms with van der Waals surface area (Å²) in [6.45, 7) is 6.75. The van der Waals surface area contributed by atoms with Crippen molar-refractivity contribution >= 4 is 0 Å². The van der Waals surface area contributed by atoms with Gasteiger partial charge in [0.05, 0.1) is 7.11 Å². The number of methoxy groups -OCH3 is 1. The largest absolute Gasteiger partial charge is 0.493 e. The third-order valence-electron chi connectivity index (χ3n) is 2.52. The summed E-state index contributed by atoms with van der Waals surface area (Å²) >= 11 is 0. The zero-order chi connectivity index (χ0) is 11.1. The quantitative estimate of drug-likeness (QED) is 0.710. The summed E-state index contributed by atoms with van der Waals surface area (Å²) < 4.78 is 16.0. The Morgan fingerprint density at radius 3 is 2.53 bits per heavy atom. The molecule has 82 valence electrons. The Hall–Kier alpha value is -1.38. The summed E-state index contributed by atoms with van der Waals surface area (Å²) in [5, 5.41) is 0. The minimum absolute atomic E-state index is 0.0776. The summed E-state index contributed by atoms with van der Waals surface area (Å²) in [7, 11) is 1.64. The number of fused-ring (bicyclic) bond motifs is 1. The van der Waals surface area contributed by atoms with E-state index in [0.29, 0.717) is 5.75 Å². The van der Waals surface area contributed by atoms with Crippen molar-refractivity contribution in [3.05, 3.63) is 17.7 Å². The van der Waals surface area contributed by atoms with Gasteiger partial charge in [-0.3, -0.25) is 0 Å². The molecular formula is C12H16O3. The van der Waals surface area contributed by atoms with Crippen molar-refractivity contribution in [3.63, 3.8) is 0 Å². The van der Waals surface area contributed by atoms with E-state index in [9.17, 15) is 0 Å². The lowest BCUT2D eigenvalue weighted by Gasteiger charge is -2.20. The van der Waals surface area contributed by atoms with Crippen LogP contribution >= 0.6 is 0 Å². The molecule has 0 fully saturated rings. The molecule has 1 aromatic rings. The van der Waals surface area contributed by atoms with Gasteiger partial charge in [0, 0.05) is 0 Å². The Morgan fingerprint density at radius 2 is 1.93 bits per heavy atom. The standard InChI is InChI=1S/C12H16O3/c1-12(2,3)8-5-9(13-4)11-10(6-8)14-7-15-11/h5-6H,7H2,1-4H3. The normalized spacial score (nSPS) is 14.1. The summed E-state index contributed by atoms with van der Waals surface area (Å²) in [5.41, 5.74) is 1.26. The van der Waals surface area contributed by atoms with Crippen LogP contribution in [0.25, 0.3) is 0 Å². The summed E-state index contributed by atoms with van der Waals surface area (Å²) in [5.74, 6) is 2.24. The van der Waals surface area contributed by atoms with Crippen LogP contribution in [-0.2, 0) is 5.41 Å². The highest BCUT2D eigenvalue weighted by Gasteiger charge is 2.24. The molecule has 0 aliphatic carbocycles. The maximum absolute atomic E-state index is 5.37. The average Bonchev–Trinajstić information content (AvgIpc) is 2.62. The lowest BCUT2D eigenvalue weighted by atomic mass is 9.87. The van der Waals surface area contributed by atoms with Gasteiger partial charge in [-0.1, -0.05) is 20.8 Å². The van der Waals surface area contributed by atoms with Crippen LogP contribution in [0.1, 0.15) is 26.3 Å². The topological polar surface area (TPSA) is 27.7 Å². The molecular weight excluding hydrogens is 192 g/mol. The van der Waals surface area contributed by atoms with Crippen molar-refractivity contribution in [2.24, 2.45) is 0 Å². The first-order valence-corrected chi connectivity index (χ1v) is 5.00. The fraction of sp³-hybridized carbons (Fsp3) is 0.500. The van der Waals surface area contributed by atoms with Gasteiger partial charge in [0.25, 0.3) is 0 Å². The molecule has 0 radical (unpaired) electrons. The Morgan fingerprint density at radius 1 is 1.20 bits per heavy atom. The highest BCUT2D eigenvalue weighted by molar-refractivity contribution is 5.56. The van der Waals surface area contributed by atoms with Crippen LogP contribution < -0.4 is 14.2 Å². The van der Waals surface area contributed by atoms with Crippen LogP contribution in [0.3, 0.4) is 0 Å². The van der Waals surface area contributed by atoms with Crippen molar-refractivity contribution in [1.29, 1.82) is 0 Å². The van der Waals surface area contributed by atoms with Crippen LogP contribution in [0.4, 0.5) is 0 Å². The van der Waals surface area contributed by atoms with E-state index in [0.717, 1.165) is 11.5 Å². The molecule has 1 aliphatic rings. The van der Waals surface area contributed by atoms with E-state index < -0.39 is 0 Å². The second-order valence-electron chi connectivity index (χ2n) is 4.66. The Labute approximate surface area is 90.0 Å². The molecule has 0 bridgehead atoms. The van der Waals surface area contributed by atoms with Crippen molar-refractivity contribution in [3.8, 4) is 17.2 Å². The monoisotopic (exact) mass is 208 g/mol. The second kappa shape index (κ2) is 3.33. The van der Waals surface area contributed by atoms with Gasteiger partial charge in [0.2, 0.25) is 12.5 Å². The van der Waals surface area contributed by atoms with Gasteiger partial charge in [-0.15, -0.1) is 0 Å². The van der Waals surface area contributed by atoms with Crippen LogP contribution in [0.5, 0.6) is 17.2 Å². The predicted octanol–water partition coefficient (Wildman–Crippen LogP) is 2.72. The van der Waals surface area contributed by atoms with Crippen LogP contribution in [-0.4, -0.2) is 13.9 Å². The first kappa shape index (κ1) is 10.1. The first-order chi connectivity index (χ1) is 7.02. The van der Waals surface area contributed by atoms with E-state index in [2.05, 4.69) is 20.8 Å². The molecule has 0 spiro atoms. The predicted molar refractivity (Wildman–Crippen MR) is 57.8 cm³/mol. The van der Waals surface area contributed by atoms with Crippen molar-refractivity contribution in [1.82, 2.24) is 0 Å². The molecule has 0 N–H and O–H groups in total. The minimum Gasteiger partial charge on any atom is -0.493 e. The minimum atomic E-state index is 0.0776. The molecule has 3 heteroatoms. The zero-order valence-corrected chi connectivity index (χ0v) is 9.59. The molecule has 0 unspecified atom stereocenters. The smallest absolute Gasteiger partial charge is 0.231 e. The molecule has 2 rings (SSSR count). The molecule has 0 saturated heterocycles. The molecule has 1 aliphatic heterocycles. The van der Waals surface area contributed by atoms with Crippen LogP contribution in [0.15, 0.2) is 12.1 Å². The van der Waals surface area contributed by atoms with Crippen molar-refractivity contribution < 1.29 is 14.2 Å². The summed E-state index contributed by atoms with van der Waals surface area (Å²) in [6.07, 6.45) is 0. The van der Waals surface area contributed by atoms with Gasteiger partial charge < -0.3 is 14.2 Å². The van der Waals surface area contributed by atoms with Crippen molar-refractivity contribution in [2.45, 2.75) is 26.2 Å². The lowest BCUT2D eigenvalue weighted by Crippen LogP contribution is -2.11. The van der Waals surface area contributed by atoms with E-state index in [1.165, 1.54) is 5.56 Å². The second-order valence-corrected chi connectivity index (χ2v) is 4.66. The lowest BCUT2D eigenvalue weighted by molar-refractivity contribution is 0.171. The average molecular weight is 208 g/mol. The zero-order valence-electron chi connectivity index (χ0n) is 9.59.